The number of aliphatic carboxylic acids is 1. The molecule has 0 spiro atoms. The summed E-state index contributed by atoms with van der Waals surface area (Å²) < 4.78 is 49.7. The molecule has 1 saturated carbocycles. The summed E-state index contributed by atoms with van der Waals surface area (Å²) in [7, 11) is 3.18. The maximum Gasteiger partial charge on any atom is 0.329 e. The average Bonchev–Trinajstić information content (AvgIpc) is 2.90. The summed E-state index contributed by atoms with van der Waals surface area (Å²) >= 11 is 0. The maximum absolute atomic E-state index is 11.4. The van der Waals surface area contributed by atoms with Crippen molar-refractivity contribution in [3.05, 3.63) is 35.9 Å². The van der Waals surface area contributed by atoms with Gasteiger partial charge in [-0.05, 0) is 24.3 Å². The predicted octanol–water partition coefficient (Wildman–Crippen LogP) is 3.11. The van der Waals surface area contributed by atoms with E-state index in [1.807, 2.05) is 30.3 Å². The maximum atomic E-state index is 11.4. The van der Waals surface area contributed by atoms with E-state index in [-0.39, 0.29) is 13.2 Å². The summed E-state index contributed by atoms with van der Waals surface area (Å²) in [4.78, 5) is 11.4. The number of rotatable bonds is 12. The van der Waals surface area contributed by atoms with Gasteiger partial charge in [-0.25, -0.2) is 4.79 Å². The molecular formula is C27H40O10. The fourth-order valence-corrected chi connectivity index (χ4v) is 5.38. The third-order valence-corrected chi connectivity index (χ3v) is 7.14. The second-order valence-corrected chi connectivity index (χ2v) is 10.2. The van der Waals surface area contributed by atoms with Crippen LogP contribution in [0.2, 0.25) is 0 Å². The average molecular weight is 525 g/mol. The van der Waals surface area contributed by atoms with Crippen molar-refractivity contribution in [3.8, 4) is 0 Å². The number of fused-ring (bicyclic) bond motifs is 2. The molecule has 0 bridgehead atoms. The Kier molecular flexibility index (Phi) is 9.58. The van der Waals surface area contributed by atoms with Gasteiger partial charge in [0.15, 0.2) is 6.29 Å². The first kappa shape index (κ1) is 28.4. The molecule has 3 aliphatic rings. The minimum atomic E-state index is -1.16. The molecule has 1 aromatic rings. The number of carboxylic acid groups (broad SMARTS) is 1. The third-order valence-electron chi connectivity index (χ3n) is 7.14. The van der Waals surface area contributed by atoms with Crippen LogP contribution in [0.1, 0.15) is 45.1 Å². The molecule has 2 heterocycles. The van der Waals surface area contributed by atoms with E-state index in [0.717, 1.165) is 18.4 Å². The number of carboxylic acids is 1. The van der Waals surface area contributed by atoms with Crippen LogP contribution in [-0.4, -0.2) is 87.4 Å². The Balaban J connectivity index is 1.65. The van der Waals surface area contributed by atoms with Gasteiger partial charge < -0.3 is 43.0 Å². The van der Waals surface area contributed by atoms with Gasteiger partial charge in [0, 0.05) is 33.7 Å². The van der Waals surface area contributed by atoms with E-state index in [2.05, 4.69) is 13.8 Å². The zero-order valence-electron chi connectivity index (χ0n) is 22.1. The molecule has 3 fully saturated rings. The second-order valence-electron chi connectivity index (χ2n) is 10.2. The molecule has 4 rings (SSSR count). The first-order chi connectivity index (χ1) is 17.8. The van der Waals surface area contributed by atoms with Crippen molar-refractivity contribution in [1.29, 1.82) is 0 Å². The van der Waals surface area contributed by atoms with Gasteiger partial charge in [0.2, 0.25) is 11.6 Å². The molecule has 7 atom stereocenters. The van der Waals surface area contributed by atoms with E-state index < -0.39 is 54.9 Å². The lowest BCUT2D eigenvalue weighted by Crippen LogP contribution is -2.75. The van der Waals surface area contributed by atoms with Crippen LogP contribution in [-0.2, 0) is 49.3 Å². The first-order valence-electron chi connectivity index (χ1n) is 13.0. The number of hydrogen-bond donors (Lipinski definition) is 1. The highest BCUT2D eigenvalue weighted by atomic mass is 16.8. The molecule has 0 unspecified atom stereocenters. The van der Waals surface area contributed by atoms with Gasteiger partial charge in [0.25, 0.3) is 0 Å². The number of benzene rings is 1. The monoisotopic (exact) mass is 524 g/mol. The molecule has 1 aliphatic carbocycles. The van der Waals surface area contributed by atoms with Crippen LogP contribution >= 0.6 is 0 Å². The summed E-state index contributed by atoms with van der Waals surface area (Å²) in [5, 5.41) is 9.30. The van der Waals surface area contributed by atoms with Crippen LogP contribution in [0.3, 0.4) is 0 Å². The summed E-state index contributed by atoms with van der Waals surface area (Å²) in [6.45, 7) is 4.56. The normalized spacial score (nSPS) is 35.6. The molecule has 10 heteroatoms. The lowest BCUT2D eigenvalue weighted by atomic mass is 9.83. The zero-order chi connectivity index (χ0) is 26.5. The Morgan fingerprint density at radius 2 is 1.68 bits per heavy atom. The van der Waals surface area contributed by atoms with E-state index in [1.54, 1.807) is 14.2 Å². The molecule has 2 saturated heterocycles. The van der Waals surface area contributed by atoms with Gasteiger partial charge in [-0.3, -0.25) is 0 Å². The second kappa shape index (κ2) is 12.5. The minimum absolute atomic E-state index is 0.209. The van der Waals surface area contributed by atoms with Gasteiger partial charge in [-0.2, -0.15) is 0 Å². The van der Waals surface area contributed by atoms with Crippen LogP contribution in [0.15, 0.2) is 30.3 Å². The number of hydrogen-bond acceptors (Lipinski definition) is 9. The number of carbonyl (C=O) groups is 1. The van der Waals surface area contributed by atoms with Crippen molar-refractivity contribution in [2.24, 2.45) is 5.92 Å². The SMILES string of the molecule is CO[C@]12CCCC[C@]1(OC)O[C@H]1[C@H](O2)[C@H](OCc2ccccc2)[C@@H](OCC(=O)O)O[C@@H]1COCC(C)C. The quantitative estimate of drug-likeness (QED) is 0.438. The van der Waals surface area contributed by atoms with Crippen molar-refractivity contribution >= 4 is 5.97 Å². The molecule has 2 aliphatic heterocycles. The third kappa shape index (κ3) is 6.17. The Hall–Kier alpha value is -1.63. The number of ether oxygens (including phenoxy) is 8. The van der Waals surface area contributed by atoms with E-state index in [4.69, 9.17) is 37.9 Å². The molecule has 208 valence electrons. The summed E-state index contributed by atoms with van der Waals surface area (Å²) in [6.07, 6.45) is -0.804. The zero-order valence-corrected chi connectivity index (χ0v) is 22.1. The van der Waals surface area contributed by atoms with Crippen LogP contribution in [0.5, 0.6) is 0 Å². The molecule has 37 heavy (non-hydrogen) atoms. The van der Waals surface area contributed by atoms with E-state index in [1.165, 1.54) is 0 Å². The summed E-state index contributed by atoms with van der Waals surface area (Å²) in [5.41, 5.74) is 0.945. The number of methoxy groups -OCH3 is 2. The van der Waals surface area contributed by atoms with Crippen LogP contribution in [0.4, 0.5) is 0 Å². The van der Waals surface area contributed by atoms with Gasteiger partial charge in [-0.15, -0.1) is 0 Å². The predicted molar refractivity (Wildman–Crippen MR) is 131 cm³/mol. The minimum Gasteiger partial charge on any atom is -0.480 e. The first-order valence-corrected chi connectivity index (χ1v) is 13.0. The highest BCUT2D eigenvalue weighted by Crippen LogP contribution is 2.51. The van der Waals surface area contributed by atoms with Crippen molar-refractivity contribution in [2.45, 2.75) is 88.4 Å². The topological polar surface area (TPSA) is 111 Å². The summed E-state index contributed by atoms with van der Waals surface area (Å²) in [6, 6.07) is 9.67. The fraction of sp³-hybridized carbons (Fsp3) is 0.741. The Labute approximate surface area is 218 Å². The summed E-state index contributed by atoms with van der Waals surface area (Å²) in [5.74, 6) is -3.07. The Morgan fingerprint density at radius 1 is 1.03 bits per heavy atom. The van der Waals surface area contributed by atoms with Gasteiger partial charge >= 0.3 is 5.97 Å². The fourth-order valence-electron chi connectivity index (χ4n) is 5.38. The largest absolute Gasteiger partial charge is 0.480 e. The smallest absolute Gasteiger partial charge is 0.329 e. The van der Waals surface area contributed by atoms with Crippen molar-refractivity contribution < 1.29 is 47.8 Å². The molecule has 10 nitrogen and oxygen atoms in total. The highest BCUT2D eigenvalue weighted by Gasteiger charge is 2.67. The lowest BCUT2D eigenvalue weighted by Gasteiger charge is -2.60. The molecular weight excluding hydrogens is 484 g/mol. The van der Waals surface area contributed by atoms with Crippen LogP contribution in [0.25, 0.3) is 0 Å². The van der Waals surface area contributed by atoms with Gasteiger partial charge in [0.1, 0.15) is 31.0 Å². The molecule has 0 radical (unpaired) electrons. The van der Waals surface area contributed by atoms with Gasteiger partial charge in [-0.1, -0.05) is 44.2 Å². The van der Waals surface area contributed by atoms with Crippen molar-refractivity contribution in [3.63, 3.8) is 0 Å². The molecule has 1 aromatic carbocycles. The van der Waals surface area contributed by atoms with Crippen LogP contribution in [0, 0.1) is 5.92 Å². The van der Waals surface area contributed by atoms with Crippen molar-refractivity contribution in [1.82, 2.24) is 0 Å². The molecule has 0 amide bonds. The van der Waals surface area contributed by atoms with Crippen molar-refractivity contribution in [2.75, 3.05) is 34.0 Å². The van der Waals surface area contributed by atoms with E-state index in [0.29, 0.717) is 25.4 Å². The lowest BCUT2D eigenvalue weighted by molar-refractivity contribution is -0.498. The molecule has 1 N–H and O–H groups in total. The highest BCUT2D eigenvalue weighted by molar-refractivity contribution is 5.68. The van der Waals surface area contributed by atoms with Gasteiger partial charge in [0.05, 0.1) is 13.2 Å². The Bertz CT molecular complexity index is 866. The van der Waals surface area contributed by atoms with Crippen LogP contribution < -0.4 is 0 Å². The van der Waals surface area contributed by atoms with E-state index in [9.17, 15) is 9.90 Å². The molecule has 0 aromatic heterocycles. The van der Waals surface area contributed by atoms with E-state index >= 15 is 0 Å². The standard InChI is InChI=1S/C27H40O10/c1-18(2)14-32-16-20-22-23(37-27(31-4)13-9-8-12-26(27,30-3)36-22)24(25(35-20)34-17-21(28)29)33-15-19-10-6-5-7-11-19/h5-7,10-11,18,20,22-25H,8-9,12-17H2,1-4H3,(H,28,29)/t20-,22-,23+,24+,25+,26+,27+/m1/s1. The Morgan fingerprint density at radius 3 is 2.27 bits per heavy atom.